The third kappa shape index (κ3) is 3.34. The lowest BCUT2D eigenvalue weighted by atomic mass is 10.2. The van der Waals surface area contributed by atoms with Crippen LogP contribution in [0.2, 0.25) is 10.0 Å². The first-order valence-electron chi connectivity index (χ1n) is 7.12. The second-order valence-corrected chi connectivity index (χ2v) is 6.29. The van der Waals surface area contributed by atoms with E-state index in [1.165, 1.54) is 34.9 Å². The third-order valence-corrected chi connectivity index (χ3v) is 4.47. The molecule has 0 saturated carbocycles. The minimum absolute atomic E-state index is 0.0120. The first kappa shape index (κ1) is 18.8. The number of nitrogens with one attached hydrogen (secondary N) is 1. The Kier molecular flexibility index (Phi) is 5.05. The number of nitrogens with zero attached hydrogens (tertiary/aromatic N) is 2. The quantitative estimate of drug-likeness (QED) is 0.554. The zero-order chi connectivity index (χ0) is 19.1. The summed E-state index contributed by atoms with van der Waals surface area (Å²) in [6.45, 7) is 0. The van der Waals surface area contributed by atoms with Gasteiger partial charge < -0.3 is 9.72 Å². The molecule has 1 N–H and O–H groups in total. The maximum atomic E-state index is 13.2. The summed E-state index contributed by atoms with van der Waals surface area (Å²) in [6.07, 6.45) is -3.29. The Hall–Kier alpha value is -1.96. The molecule has 26 heavy (non-hydrogen) atoms. The standard InChI is InChI=1S/C16H9Cl3F3N3O/c17-7-11-13(16(20,21)22)24-14-10(5-2-6-25(11)14)23-15(26)12-8(18)3-1-4-9(12)19/h1-6H,7H2,(H,23,26). The molecule has 3 rings (SSSR count). The molecule has 0 fully saturated rings. The van der Waals surface area contributed by atoms with Crippen molar-refractivity contribution in [2.24, 2.45) is 0 Å². The number of alkyl halides is 4. The number of rotatable bonds is 3. The van der Waals surface area contributed by atoms with Crippen LogP contribution in [0, 0.1) is 0 Å². The van der Waals surface area contributed by atoms with E-state index in [0.717, 1.165) is 0 Å². The smallest absolute Gasteiger partial charge is 0.319 e. The van der Waals surface area contributed by atoms with Crippen molar-refractivity contribution in [2.75, 3.05) is 5.32 Å². The monoisotopic (exact) mass is 421 g/mol. The highest BCUT2D eigenvalue weighted by Gasteiger charge is 2.38. The lowest BCUT2D eigenvalue weighted by Gasteiger charge is -2.09. The van der Waals surface area contributed by atoms with Crippen molar-refractivity contribution in [1.29, 1.82) is 0 Å². The zero-order valence-electron chi connectivity index (χ0n) is 12.7. The highest BCUT2D eigenvalue weighted by Crippen LogP contribution is 2.34. The number of pyridine rings is 1. The predicted octanol–water partition coefficient (Wildman–Crippen LogP) is 5.65. The summed E-state index contributed by atoms with van der Waals surface area (Å²) in [5, 5.41) is 2.72. The lowest BCUT2D eigenvalue weighted by Crippen LogP contribution is -2.14. The highest BCUT2D eigenvalue weighted by atomic mass is 35.5. The van der Waals surface area contributed by atoms with Crippen molar-refractivity contribution in [1.82, 2.24) is 9.38 Å². The zero-order valence-corrected chi connectivity index (χ0v) is 15.0. The number of benzene rings is 1. The van der Waals surface area contributed by atoms with Gasteiger partial charge in [0.1, 0.15) is 0 Å². The van der Waals surface area contributed by atoms with Gasteiger partial charge in [-0.1, -0.05) is 29.3 Å². The van der Waals surface area contributed by atoms with E-state index in [-0.39, 0.29) is 32.6 Å². The summed E-state index contributed by atoms with van der Waals surface area (Å²) >= 11 is 17.6. The molecule has 0 aliphatic heterocycles. The van der Waals surface area contributed by atoms with Crippen molar-refractivity contribution in [3.05, 3.63) is 63.5 Å². The molecule has 0 spiro atoms. The third-order valence-electron chi connectivity index (χ3n) is 3.58. The van der Waals surface area contributed by atoms with Gasteiger partial charge in [-0.15, -0.1) is 11.6 Å². The largest absolute Gasteiger partial charge is 0.435 e. The van der Waals surface area contributed by atoms with E-state index in [0.29, 0.717) is 0 Å². The minimum Gasteiger partial charge on any atom is -0.319 e. The van der Waals surface area contributed by atoms with E-state index in [2.05, 4.69) is 10.3 Å². The molecule has 0 saturated heterocycles. The number of halogens is 6. The molecule has 10 heteroatoms. The molecule has 1 amide bonds. The molecule has 3 aromatic rings. The number of hydrogen-bond acceptors (Lipinski definition) is 2. The summed E-state index contributed by atoms with van der Waals surface area (Å²) < 4.78 is 40.7. The van der Waals surface area contributed by atoms with Gasteiger partial charge in [-0.25, -0.2) is 4.98 Å². The van der Waals surface area contributed by atoms with E-state index >= 15 is 0 Å². The number of carbonyl (C=O) groups excluding carboxylic acids is 1. The topological polar surface area (TPSA) is 46.4 Å². The number of amides is 1. The summed E-state index contributed by atoms with van der Waals surface area (Å²) in [6, 6.07) is 7.41. The molecule has 0 unspecified atom stereocenters. The summed E-state index contributed by atoms with van der Waals surface area (Å²) in [4.78, 5) is 16.1. The molecule has 136 valence electrons. The summed E-state index contributed by atoms with van der Waals surface area (Å²) in [5.41, 5.74) is -1.34. The second kappa shape index (κ2) is 6.98. The molecule has 0 bridgehead atoms. The Labute approximate surface area is 160 Å². The van der Waals surface area contributed by atoms with Crippen LogP contribution in [0.5, 0.6) is 0 Å². The number of carbonyl (C=O) groups is 1. The number of fused-ring (bicyclic) bond motifs is 1. The summed E-state index contributed by atoms with van der Waals surface area (Å²) in [5.74, 6) is -1.07. The molecule has 0 atom stereocenters. The maximum Gasteiger partial charge on any atom is 0.435 e. The highest BCUT2D eigenvalue weighted by molar-refractivity contribution is 6.40. The Morgan fingerprint density at radius 1 is 1.15 bits per heavy atom. The van der Waals surface area contributed by atoms with Crippen molar-refractivity contribution in [2.45, 2.75) is 12.1 Å². The van der Waals surface area contributed by atoms with E-state index in [9.17, 15) is 18.0 Å². The Morgan fingerprint density at radius 2 is 1.81 bits per heavy atom. The Morgan fingerprint density at radius 3 is 2.38 bits per heavy atom. The van der Waals surface area contributed by atoms with Crippen LogP contribution in [0.4, 0.5) is 18.9 Å². The second-order valence-electron chi connectivity index (χ2n) is 5.20. The van der Waals surface area contributed by atoms with Crippen LogP contribution >= 0.6 is 34.8 Å². The number of anilines is 1. The molecule has 2 heterocycles. The number of hydrogen-bond donors (Lipinski definition) is 1. The molecule has 4 nitrogen and oxygen atoms in total. The van der Waals surface area contributed by atoms with Crippen LogP contribution in [0.1, 0.15) is 21.7 Å². The normalized spacial score (nSPS) is 11.8. The van der Waals surface area contributed by atoms with Crippen LogP contribution in [-0.4, -0.2) is 15.3 Å². The molecular weight excluding hydrogens is 414 g/mol. The van der Waals surface area contributed by atoms with E-state index < -0.39 is 23.7 Å². The van der Waals surface area contributed by atoms with Gasteiger partial charge in [0.15, 0.2) is 11.3 Å². The SMILES string of the molecule is O=C(Nc1cccn2c(CCl)c(C(F)(F)F)nc12)c1c(Cl)cccc1Cl. The average molecular weight is 423 g/mol. The van der Waals surface area contributed by atoms with E-state index in [1.807, 2.05) is 0 Å². The maximum absolute atomic E-state index is 13.2. The van der Waals surface area contributed by atoms with Crippen molar-refractivity contribution in [3.8, 4) is 0 Å². The Bertz CT molecular complexity index is 981. The first-order chi connectivity index (χ1) is 12.2. The molecule has 0 aliphatic rings. The van der Waals surface area contributed by atoms with Gasteiger partial charge in [-0.3, -0.25) is 4.79 Å². The van der Waals surface area contributed by atoms with Gasteiger partial charge in [0.2, 0.25) is 0 Å². The van der Waals surface area contributed by atoms with Crippen molar-refractivity contribution >= 4 is 52.0 Å². The fourth-order valence-electron chi connectivity index (χ4n) is 2.47. The summed E-state index contributed by atoms with van der Waals surface area (Å²) in [7, 11) is 0. The number of imidazole rings is 1. The lowest BCUT2D eigenvalue weighted by molar-refractivity contribution is -0.141. The van der Waals surface area contributed by atoms with Gasteiger partial charge in [0.05, 0.1) is 32.9 Å². The minimum atomic E-state index is -4.68. The van der Waals surface area contributed by atoms with Crippen LogP contribution in [0.3, 0.4) is 0 Å². The Balaban J connectivity index is 2.09. The van der Waals surface area contributed by atoms with Gasteiger partial charge in [-0.05, 0) is 24.3 Å². The number of aromatic nitrogens is 2. The first-order valence-corrected chi connectivity index (χ1v) is 8.41. The van der Waals surface area contributed by atoms with Gasteiger partial charge >= 0.3 is 6.18 Å². The average Bonchev–Trinajstić information content (AvgIpc) is 2.94. The van der Waals surface area contributed by atoms with Crippen molar-refractivity contribution in [3.63, 3.8) is 0 Å². The van der Waals surface area contributed by atoms with Crippen LogP contribution < -0.4 is 5.32 Å². The molecule has 0 aliphatic carbocycles. The molecular formula is C16H9Cl3F3N3O. The predicted molar refractivity (Wildman–Crippen MR) is 94.2 cm³/mol. The van der Waals surface area contributed by atoms with Crippen molar-refractivity contribution < 1.29 is 18.0 Å². The molecule has 2 aromatic heterocycles. The van der Waals surface area contributed by atoms with E-state index in [1.54, 1.807) is 6.07 Å². The van der Waals surface area contributed by atoms with Crippen LogP contribution in [0.25, 0.3) is 5.65 Å². The fourth-order valence-corrected chi connectivity index (χ4v) is 3.29. The van der Waals surface area contributed by atoms with Crippen LogP contribution in [0.15, 0.2) is 36.5 Å². The fraction of sp³-hybridized carbons (Fsp3) is 0.125. The molecule has 0 radical (unpaired) electrons. The molecule has 1 aromatic carbocycles. The van der Waals surface area contributed by atoms with Crippen LogP contribution in [-0.2, 0) is 12.1 Å². The van der Waals surface area contributed by atoms with Gasteiger partial charge in [0, 0.05) is 6.20 Å². The van der Waals surface area contributed by atoms with Gasteiger partial charge in [0.25, 0.3) is 5.91 Å². The van der Waals surface area contributed by atoms with E-state index in [4.69, 9.17) is 34.8 Å². The van der Waals surface area contributed by atoms with Gasteiger partial charge in [-0.2, -0.15) is 13.2 Å².